The van der Waals surface area contributed by atoms with Crippen LogP contribution in [0.4, 0.5) is 5.69 Å². The van der Waals surface area contributed by atoms with Gasteiger partial charge in [0.15, 0.2) is 0 Å². The number of nitrogens with one attached hydrogen (secondary N) is 1. The minimum atomic E-state index is -3.84. The van der Waals surface area contributed by atoms with Gasteiger partial charge < -0.3 is 19.7 Å². The number of methoxy groups -OCH3 is 2. The van der Waals surface area contributed by atoms with Crippen LogP contribution in [0.3, 0.4) is 0 Å². The zero-order valence-corrected chi connectivity index (χ0v) is 22.0. The van der Waals surface area contributed by atoms with E-state index in [1.54, 1.807) is 56.5 Å². The van der Waals surface area contributed by atoms with Crippen molar-refractivity contribution in [2.24, 2.45) is 5.92 Å². The molecule has 2 aromatic carbocycles. The number of hydrogen-bond acceptors (Lipinski definition) is 6. The Bertz CT molecular complexity index is 1120. The third-order valence-corrected chi connectivity index (χ3v) is 6.50. The van der Waals surface area contributed by atoms with Crippen LogP contribution in [0, 0.1) is 5.92 Å². The third-order valence-electron chi connectivity index (χ3n) is 5.37. The highest BCUT2D eigenvalue weighted by Gasteiger charge is 2.31. The van der Waals surface area contributed by atoms with Crippen LogP contribution in [-0.2, 0) is 26.2 Å². The minimum Gasteiger partial charge on any atom is -0.497 e. The molecule has 10 heteroatoms. The molecular weight excluding hydrogens is 470 g/mol. The number of benzene rings is 2. The minimum absolute atomic E-state index is 0.0931. The molecule has 0 saturated carbocycles. The average molecular weight is 506 g/mol. The number of amides is 2. The first-order valence-corrected chi connectivity index (χ1v) is 13.1. The summed E-state index contributed by atoms with van der Waals surface area (Å²) in [5.41, 5.74) is 0.980. The number of para-hydroxylation sites is 2. The second-order valence-corrected chi connectivity index (χ2v) is 10.5. The summed E-state index contributed by atoms with van der Waals surface area (Å²) < 4.78 is 37.0. The van der Waals surface area contributed by atoms with Crippen LogP contribution >= 0.6 is 0 Å². The first-order chi connectivity index (χ1) is 16.5. The molecule has 2 rings (SSSR count). The van der Waals surface area contributed by atoms with Crippen molar-refractivity contribution in [3.05, 3.63) is 54.1 Å². The van der Waals surface area contributed by atoms with E-state index in [-0.39, 0.29) is 24.1 Å². The fraction of sp³-hybridized carbons (Fsp3) is 0.440. The Balaban J connectivity index is 2.42. The second kappa shape index (κ2) is 12.4. The molecule has 0 aliphatic carbocycles. The van der Waals surface area contributed by atoms with E-state index < -0.39 is 28.5 Å². The predicted octanol–water partition coefficient (Wildman–Crippen LogP) is 2.66. The number of carbonyl (C=O) groups excluding carboxylic acids is 2. The second-order valence-electron chi connectivity index (χ2n) is 8.63. The number of rotatable bonds is 12. The Morgan fingerprint density at radius 1 is 1.00 bits per heavy atom. The molecule has 9 nitrogen and oxygen atoms in total. The van der Waals surface area contributed by atoms with Gasteiger partial charge in [0.05, 0.1) is 26.2 Å². The van der Waals surface area contributed by atoms with Gasteiger partial charge in [0, 0.05) is 13.1 Å². The van der Waals surface area contributed by atoms with Crippen molar-refractivity contribution in [2.45, 2.75) is 33.4 Å². The summed E-state index contributed by atoms with van der Waals surface area (Å²) in [7, 11) is -0.874. The summed E-state index contributed by atoms with van der Waals surface area (Å²) in [6.45, 7) is 5.63. The summed E-state index contributed by atoms with van der Waals surface area (Å²) in [5, 5.41) is 2.85. The number of ether oxygens (including phenoxy) is 2. The molecule has 192 valence electrons. The highest BCUT2D eigenvalue weighted by molar-refractivity contribution is 7.92. The molecular formula is C25H35N3O6S. The first kappa shape index (κ1) is 28.0. The lowest BCUT2D eigenvalue weighted by Gasteiger charge is -2.32. The Morgan fingerprint density at radius 3 is 2.29 bits per heavy atom. The molecule has 0 fully saturated rings. The van der Waals surface area contributed by atoms with Crippen molar-refractivity contribution in [1.82, 2.24) is 10.2 Å². The third kappa shape index (κ3) is 7.88. The summed E-state index contributed by atoms with van der Waals surface area (Å²) in [6, 6.07) is 12.9. The van der Waals surface area contributed by atoms with Gasteiger partial charge in [-0.25, -0.2) is 8.42 Å². The zero-order chi connectivity index (χ0) is 26.2. The average Bonchev–Trinajstić information content (AvgIpc) is 2.83. The van der Waals surface area contributed by atoms with E-state index in [1.807, 2.05) is 19.9 Å². The molecule has 0 aliphatic rings. The first-order valence-electron chi connectivity index (χ1n) is 11.3. The van der Waals surface area contributed by atoms with Crippen LogP contribution in [0.15, 0.2) is 48.5 Å². The number of anilines is 1. The van der Waals surface area contributed by atoms with Crippen molar-refractivity contribution < 1.29 is 27.5 Å². The molecule has 0 bridgehead atoms. The summed E-state index contributed by atoms with van der Waals surface area (Å²) in [5.74, 6) is 0.306. The van der Waals surface area contributed by atoms with Crippen molar-refractivity contribution >= 4 is 27.5 Å². The number of sulfonamides is 1. The molecule has 0 aliphatic heterocycles. The standard InChI is InChI=1S/C25H35N3O6S/c1-18(2)15-26-25(30)19(3)27(16-20-10-9-11-21(14-20)33-4)24(29)17-28(35(6,31)32)22-12-7-8-13-23(22)34-5/h7-14,18-19H,15-17H2,1-6H3,(H,26,30). The highest BCUT2D eigenvalue weighted by Crippen LogP contribution is 2.29. The molecule has 1 atom stereocenters. The molecule has 0 saturated heterocycles. The normalized spacial score (nSPS) is 12.1. The van der Waals surface area contributed by atoms with Crippen LogP contribution in [0.1, 0.15) is 26.3 Å². The van der Waals surface area contributed by atoms with Crippen LogP contribution in [0.2, 0.25) is 0 Å². The summed E-state index contributed by atoms with van der Waals surface area (Å²) >= 11 is 0. The Labute approximate surface area is 208 Å². The lowest BCUT2D eigenvalue weighted by molar-refractivity contribution is -0.139. The maximum absolute atomic E-state index is 13.6. The predicted molar refractivity (Wildman–Crippen MR) is 136 cm³/mol. The van der Waals surface area contributed by atoms with Crippen molar-refractivity contribution in [3.63, 3.8) is 0 Å². The highest BCUT2D eigenvalue weighted by atomic mass is 32.2. The molecule has 1 N–H and O–H groups in total. The molecule has 0 heterocycles. The van der Waals surface area contributed by atoms with Gasteiger partial charge in [-0.3, -0.25) is 13.9 Å². The number of carbonyl (C=O) groups is 2. The van der Waals surface area contributed by atoms with Gasteiger partial charge in [-0.2, -0.15) is 0 Å². The Kier molecular flexibility index (Phi) is 9.94. The van der Waals surface area contributed by atoms with E-state index in [4.69, 9.17) is 9.47 Å². The maximum Gasteiger partial charge on any atom is 0.244 e. The summed E-state index contributed by atoms with van der Waals surface area (Å²) in [6.07, 6.45) is 1.03. The van der Waals surface area contributed by atoms with Gasteiger partial charge in [-0.05, 0) is 42.7 Å². The molecule has 0 radical (unpaired) electrons. The zero-order valence-electron chi connectivity index (χ0n) is 21.1. The quantitative estimate of drug-likeness (QED) is 0.476. The largest absolute Gasteiger partial charge is 0.497 e. The van der Waals surface area contributed by atoms with E-state index in [0.717, 1.165) is 16.1 Å². The molecule has 0 aromatic heterocycles. The van der Waals surface area contributed by atoms with E-state index in [1.165, 1.54) is 12.0 Å². The SMILES string of the molecule is COc1cccc(CN(C(=O)CN(c2ccccc2OC)S(C)(=O)=O)C(C)C(=O)NCC(C)C)c1. The Hall–Kier alpha value is -3.27. The molecule has 35 heavy (non-hydrogen) atoms. The lowest BCUT2D eigenvalue weighted by Crippen LogP contribution is -2.51. The maximum atomic E-state index is 13.6. The van der Waals surface area contributed by atoms with Gasteiger partial charge >= 0.3 is 0 Å². The fourth-order valence-corrected chi connectivity index (χ4v) is 4.29. The van der Waals surface area contributed by atoms with Gasteiger partial charge in [0.2, 0.25) is 21.8 Å². The topological polar surface area (TPSA) is 105 Å². The van der Waals surface area contributed by atoms with Gasteiger partial charge in [-0.1, -0.05) is 38.1 Å². The van der Waals surface area contributed by atoms with Crippen LogP contribution in [-0.4, -0.2) is 64.7 Å². The fourth-order valence-electron chi connectivity index (χ4n) is 3.43. The van der Waals surface area contributed by atoms with Crippen LogP contribution < -0.4 is 19.1 Å². The molecule has 0 spiro atoms. The van der Waals surface area contributed by atoms with E-state index in [9.17, 15) is 18.0 Å². The monoisotopic (exact) mass is 505 g/mol. The van der Waals surface area contributed by atoms with Crippen molar-refractivity contribution in [3.8, 4) is 11.5 Å². The Morgan fingerprint density at radius 2 is 1.69 bits per heavy atom. The van der Waals surface area contributed by atoms with Crippen LogP contribution in [0.5, 0.6) is 11.5 Å². The molecule has 2 amide bonds. The van der Waals surface area contributed by atoms with Gasteiger partial charge in [0.25, 0.3) is 0 Å². The van der Waals surface area contributed by atoms with Crippen molar-refractivity contribution in [1.29, 1.82) is 0 Å². The lowest BCUT2D eigenvalue weighted by atomic mass is 10.1. The summed E-state index contributed by atoms with van der Waals surface area (Å²) in [4.78, 5) is 27.8. The van der Waals surface area contributed by atoms with E-state index in [0.29, 0.717) is 18.0 Å². The number of hydrogen-bond donors (Lipinski definition) is 1. The van der Waals surface area contributed by atoms with E-state index >= 15 is 0 Å². The van der Waals surface area contributed by atoms with Gasteiger partial charge in [-0.15, -0.1) is 0 Å². The number of nitrogens with zero attached hydrogens (tertiary/aromatic N) is 2. The molecule has 1 unspecified atom stereocenters. The molecule has 2 aromatic rings. The van der Waals surface area contributed by atoms with Gasteiger partial charge in [0.1, 0.15) is 24.1 Å². The van der Waals surface area contributed by atoms with Crippen LogP contribution in [0.25, 0.3) is 0 Å². The smallest absolute Gasteiger partial charge is 0.244 e. The van der Waals surface area contributed by atoms with E-state index in [2.05, 4.69) is 5.32 Å². The van der Waals surface area contributed by atoms with Crippen molar-refractivity contribution in [2.75, 3.05) is 37.9 Å².